The average Bonchev–Trinajstić information content (AvgIpc) is 2.86. The lowest BCUT2D eigenvalue weighted by atomic mass is 9.95. The summed E-state index contributed by atoms with van der Waals surface area (Å²) in [5, 5.41) is 11.0. The quantitative estimate of drug-likeness (QED) is 0.573. The zero-order valence-corrected chi connectivity index (χ0v) is 21.1. The van der Waals surface area contributed by atoms with Crippen molar-refractivity contribution < 1.29 is 28.8 Å². The van der Waals surface area contributed by atoms with Crippen LogP contribution in [-0.4, -0.2) is 86.3 Å². The van der Waals surface area contributed by atoms with E-state index in [1.807, 2.05) is 6.07 Å². The molecule has 1 aliphatic heterocycles. The van der Waals surface area contributed by atoms with E-state index in [2.05, 4.69) is 4.90 Å². The minimum atomic E-state index is -0.609. The lowest BCUT2D eigenvalue weighted by Gasteiger charge is -2.39. The standard InChI is InChI=1S/C25H35N3O7/c1-6-35-25(31)27-11-9-26(10-12-27)23(19-8-7-18(33-4)16-21(19)34-5)22-20(29)15-17(2)28(24(22)30)13-14-32-3/h7-8,15-16,23,29H,6,9-14H2,1-5H3/t23-/m1/s1. The Hall–Kier alpha value is -3.24. The molecule has 1 atom stereocenters. The highest BCUT2D eigenvalue weighted by atomic mass is 16.6. The van der Waals surface area contributed by atoms with E-state index in [0.29, 0.717) is 68.7 Å². The zero-order valence-electron chi connectivity index (χ0n) is 21.1. The van der Waals surface area contributed by atoms with Gasteiger partial charge in [0, 0.05) is 57.2 Å². The Morgan fingerprint density at radius 2 is 1.80 bits per heavy atom. The van der Waals surface area contributed by atoms with Crippen LogP contribution in [0, 0.1) is 6.92 Å². The van der Waals surface area contributed by atoms with E-state index in [1.165, 1.54) is 0 Å². The first-order valence-electron chi connectivity index (χ1n) is 11.7. The molecule has 0 aliphatic carbocycles. The number of nitrogens with zero attached hydrogens (tertiary/aromatic N) is 3. The van der Waals surface area contributed by atoms with E-state index in [1.54, 1.807) is 62.8 Å². The van der Waals surface area contributed by atoms with Gasteiger partial charge in [0.25, 0.3) is 5.56 Å². The minimum absolute atomic E-state index is 0.0862. The van der Waals surface area contributed by atoms with Gasteiger partial charge in [0.2, 0.25) is 0 Å². The van der Waals surface area contributed by atoms with Gasteiger partial charge in [-0.05, 0) is 32.0 Å². The number of aryl methyl sites for hydroxylation is 1. The van der Waals surface area contributed by atoms with Crippen LogP contribution in [-0.2, 0) is 16.0 Å². The molecule has 1 aromatic carbocycles. The second-order valence-corrected chi connectivity index (χ2v) is 8.27. The first kappa shape index (κ1) is 26.4. The molecule has 192 valence electrons. The highest BCUT2D eigenvalue weighted by Crippen LogP contribution is 2.39. The van der Waals surface area contributed by atoms with Crippen molar-refractivity contribution in [2.75, 3.05) is 60.7 Å². The largest absolute Gasteiger partial charge is 0.507 e. The number of hydrogen-bond donors (Lipinski definition) is 1. The van der Waals surface area contributed by atoms with E-state index in [9.17, 15) is 14.7 Å². The summed E-state index contributed by atoms with van der Waals surface area (Å²) in [6, 6.07) is 6.39. The molecule has 1 N–H and O–H groups in total. The third-order valence-corrected chi connectivity index (χ3v) is 6.26. The smallest absolute Gasteiger partial charge is 0.409 e. The maximum Gasteiger partial charge on any atom is 0.409 e. The number of benzene rings is 1. The molecule has 1 saturated heterocycles. The summed E-state index contributed by atoms with van der Waals surface area (Å²) in [5.41, 5.74) is 1.31. The van der Waals surface area contributed by atoms with Gasteiger partial charge in [-0.25, -0.2) is 4.79 Å². The van der Waals surface area contributed by atoms with Crippen molar-refractivity contribution >= 4 is 6.09 Å². The number of methoxy groups -OCH3 is 3. The predicted octanol–water partition coefficient (Wildman–Crippen LogP) is 2.39. The van der Waals surface area contributed by atoms with E-state index >= 15 is 0 Å². The van der Waals surface area contributed by atoms with Gasteiger partial charge in [-0.1, -0.05) is 0 Å². The molecule has 0 unspecified atom stereocenters. The molecule has 0 bridgehead atoms. The molecule has 2 aromatic rings. The summed E-state index contributed by atoms with van der Waals surface area (Å²) in [7, 11) is 4.70. The van der Waals surface area contributed by atoms with Crippen molar-refractivity contribution in [3.8, 4) is 17.2 Å². The number of carbonyl (C=O) groups excluding carboxylic acids is 1. The predicted molar refractivity (Wildman–Crippen MR) is 131 cm³/mol. The molecule has 0 saturated carbocycles. The van der Waals surface area contributed by atoms with Crippen molar-refractivity contribution in [3.63, 3.8) is 0 Å². The number of piperazine rings is 1. The van der Waals surface area contributed by atoms with Crippen molar-refractivity contribution in [1.29, 1.82) is 0 Å². The van der Waals surface area contributed by atoms with Crippen molar-refractivity contribution in [1.82, 2.24) is 14.4 Å². The Bertz CT molecular complexity index is 1080. The molecule has 10 nitrogen and oxygen atoms in total. The topological polar surface area (TPSA) is 103 Å². The van der Waals surface area contributed by atoms with Crippen molar-refractivity contribution in [2.24, 2.45) is 0 Å². The molecular formula is C25H35N3O7. The number of rotatable bonds is 9. The fraction of sp³-hybridized carbons (Fsp3) is 0.520. The van der Waals surface area contributed by atoms with E-state index in [0.717, 1.165) is 0 Å². The van der Waals surface area contributed by atoms with Crippen LogP contribution in [0.3, 0.4) is 0 Å². The van der Waals surface area contributed by atoms with E-state index < -0.39 is 6.04 Å². The Labute approximate surface area is 205 Å². The summed E-state index contributed by atoms with van der Waals surface area (Å²) in [4.78, 5) is 29.7. The fourth-order valence-electron chi connectivity index (χ4n) is 4.44. The SMILES string of the molecule is CCOC(=O)N1CCN([C@H](c2ccc(OC)cc2OC)c2c(O)cc(C)n(CCOC)c2=O)CC1. The molecular weight excluding hydrogens is 454 g/mol. The normalized spacial score (nSPS) is 15.1. The third kappa shape index (κ3) is 5.71. The molecule has 1 amide bonds. The van der Waals surface area contributed by atoms with Crippen molar-refractivity contribution in [2.45, 2.75) is 26.4 Å². The Balaban J connectivity index is 2.11. The van der Waals surface area contributed by atoms with Gasteiger partial charge in [-0.15, -0.1) is 0 Å². The van der Waals surface area contributed by atoms with Gasteiger partial charge in [0.1, 0.15) is 17.2 Å². The van der Waals surface area contributed by atoms with Crippen LogP contribution in [0.4, 0.5) is 4.79 Å². The number of aromatic nitrogens is 1. The second-order valence-electron chi connectivity index (χ2n) is 8.27. The fourth-order valence-corrected chi connectivity index (χ4v) is 4.44. The van der Waals surface area contributed by atoms with Gasteiger partial charge in [0.15, 0.2) is 0 Å². The monoisotopic (exact) mass is 489 g/mol. The maximum atomic E-state index is 13.7. The maximum absolute atomic E-state index is 13.7. The number of amides is 1. The van der Waals surface area contributed by atoms with Crippen LogP contribution in [0.5, 0.6) is 17.2 Å². The lowest BCUT2D eigenvalue weighted by Crippen LogP contribution is -2.50. The molecule has 3 rings (SSSR count). The highest BCUT2D eigenvalue weighted by Gasteiger charge is 2.34. The van der Waals surface area contributed by atoms with E-state index in [-0.39, 0.29) is 23.0 Å². The lowest BCUT2D eigenvalue weighted by molar-refractivity contribution is 0.0705. The zero-order chi connectivity index (χ0) is 25.5. The summed E-state index contributed by atoms with van der Waals surface area (Å²) in [6.45, 7) is 6.39. The van der Waals surface area contributed by atoms with Crippen LogP contribution in [0.15, 0.2) is 29.1 Å². The van der Waals surface area contributed by atoms with Crippen LogP contribution in [0.1, 0.15) is 29.8 Å². The van der Waals surface area contributed by atoms with Gasteiger partial charge >= 0.3 is 6.09 Å². The summed E-state index contributed by atoms with van der Waals surface area (Å²) in [5.74, 6) is 1.06. The molecule has 1 fully saturated rings. The van der Waals surface area contributed by atoms with Crippen LogP contribution in [0.2, 0.25) is 0 Å². The number of pyridine rings is 1. The molecule has 1 aliphatic rings. The van der Waals surface area contributed by atoms with Gasteiger partial charge < -0.3 is 33.5 Å². The summed E-state index contributed by atoms with van der Waals surface area (Å²) < 4.78 is 23.0. The van der Waals surface area contributed by atoms with Gasteiger partial charge in [0.05, 0.1) is 39.0 Å². The molecule has 10 heteroatoms. The van der Waals surface area contributed by atoms with E-state index in [4.69, 9.17) is 18.9 Å². The average molecular weight is 490 g/mol. The molecule has 2 heterocycles. The van der Waals surface area contributed by atoms with Crippen LogP contribution >= 0.6 is 0 Å². The van der Waals surface area contributed by atoms with Crippen LogP contribution in [0.25, 0.3) is 0 Å². The van der Waals surface area contributed by atoms with Gasteiger partial charge in [-0.2, -0.15) is 0 Å². The molecule has 0 radical (unpaired) electrons. The number of ether oxygens (including phenoxy) is 4. The van der Waals surface area contributed by atoms with Crippen LogP contribution < -0.4 is 15.0 Å². The number of hydrogen-bond acceptors (Lipinski definition) is 8. The Morgan fingerprint density at radius 3 is 2.40 bits per heavy atom. The molecule has 1 aromatic heterocycles. The summed E-state index contributed by atoms with van der Waals surface area (Å²) >= 11 is 0. The first-order valence-corrected chi connectivity index (χ1v) is 11.7. The van der Waals surface area contributed by atoms with Gasteiger partial charge in [-0.3, -0.25) is 9.69 Å². The number of carbonyl (C=O) groups is 1. The van der Waals surface area contributed by atoms with Crippen molar-refractivity contribution in [3.05, 3.63) is 51.4 Å². The molecule has 0 spiro atoms. The highest BCUT2D eigenvalue weighted by molar-refractivity contribution is 5.67. The Morgan fingerprint density at radius 1 is 1.09 bits per heavy atom. The Kier molecular flexibility index (Phi) is 9.00. The first-order chi connectivity index (χ1) is 16.9. The number of aromatic hydroxyl groups is 1. The third-order valence-electron chi connectivity index (χ3n) is 6.26. The molecule has 35 heavy (non-hydrogen) atoms. The minimum Gasteiger partial charge on any atom is -0.507 e. The second kappa shape index (κ2) is 11.9. The summed E-state index contributed by atoms with van der Waals surface area (Å²) in [6.07, 6.45) is -0.356.